The molecule has 1 heterocycles. The Hall–Kier alpha value is -1.36. The molecule has 1 unspecified atom stereocenters. The minimum absolute atomic E-state index is 0.217. The fraction of sp³-hybridized carbons (Fsp3) is 0.500. The van der Waals surface area contributed by atoms with Crippen LogP contribution in [0.2, 0.25) is 0 Å². The Morgan fingerprint density at radius 2 is 2.10 bits per heavy atom. The topological polar surface area (TPSA) is 35.4 Å². The molecule has 0 aliphatic rings. The molecule has 0 aliphatic carbocycles. The van der Waals surface area contributed by atoms with E-state index < -0.39 is 0 Å². The first-order valence-corrected chi connectivity index (χ1v) is 7.05. The van der Waals surface area contributed by atoms with E-state index in [2.05, 4.69) is 47.3 Å². The Bertz CT molecular complexity index is 536. The molecule has 110 valence electrons. The van der Waals surface area contributed by atoms with Crippen LogP contribution in [0.5, 0.6) is 0 Å². The van der Waals surface area contributed by atoms with Crippen molar-refractivity contribution in [3.8, 4) is 0 Å². The molecule has 0 saturated heterocycles. The lowest BCUT2D eigenvalue weighted by atomic mass is 10.1. The zero-order valence-electron chi connectivity index (χ0n) is 12.6. The molecule has 1 aromatic carbocycles. The predicted molar refractivity (Wildman–Crippen MR) is 82.0 cm³/mol. The van der Waals surface area contributed by atoms with E-state index >= 15 is 0 Å². The molecule has 1 atom stereocenters. The lowest BCUT2D eigenvalue weighted by molar-refractivity contribution is 0.104. The molecular formula is C16H24N2O2. The monoisotopic (exact) mass is 276 g/mol. The number of hydrogen-bond donors (Lipinski definition) is 1. The Kier molecular flexibility index (Phi) is 5.59. The van der Waals surface area contributed by atoms with Gasteiger partial charge in [0.25, 0.3) is 0 Å². The second-order valence-electron chi connectivity index (χ2n) is 5.08. The van der Waals surface area contributed by atoms with Gasteiger partial charge in [-0.1, -0.05) is 12.1 Å². The highest BCUT2D eigenvalue weighted by molar-refractivity contribution is 5.80. The molecule has 0 fully saturated rings. The minimum Gasteiger partial charge on any atom is -0.383 e. The Balaban J connectivity index is 2.08. The molecule has 0 bridgehead atoms. The highest BCUT2D eigenvalue weighted by Crippen LogP contribution is 2.18. The standard InChI is InChI=1S/C16H24N2O2/c1-13(20-3)12-18-8-6-15-5-4-14(10-16(15)18)11-17-7-9-19-2/h4-6,8,10,13,17H,7,9,11-12H2,1-3H3. The smallest absolute Gasteiger partial charge is 0.0722 e. The van der Waals surface area contributed by atoms with Gasteiger partial charge in [-0.05, 0) is 30.0 Å². The van der Waals surface area contributed by atoms with E-state index in [9.17, 15) is 0 Å². The summed E-state index contributed by atoms with van der Waals surface area (Å²) in [5.41, 5.74) is 2.55. The number of hydrogen-bond acceptors (Lipinski definition) is 3. The van der Waals surface area contributed by atoms with Crippen molar-refractivity contribution in [1.82, 2.24) is 9.88 Å². The molecule has 0 saturated carbocycles. The predicted octanol–water partition coefficient (Wildman–Crippen LogP) is 2.41. The number of methoxy groups -OCH3 is 2. The fourth-order valence-electron chi connectivity index (χ4n) is 2.26. The third-order valence-electron chi connectivity index (χ3n) is 3.51. The lowest BCUT2D eigenvalue weighted by Gasteiger charge is -2.12. The molecule has 0 spiro atoms. The van der Waals surface area contributed by atoms with Gasteiger partial charge in [0.05, 0.1) is 12.7 Å². The van der Waals surface area contributed by atoms with E-state index in [1.165, 1.54) is 16.5 Å². The average Bonchev–Trinajstić information content (AvgIpc) is 2.86. The third kappa shape index (κ3) is 3.82. The highest BCUT2D eigenvalue weighted by Gasteiger charge is 2.06. The molecule has 2 aromatic rings. The quantitative estimate of drug-likeness (QED) is 0.752. The summed E-state index contributed by atoms with van der Waals surface area (Å²) in [5, 5.41) is 4.64. The second-order valence-corrected chi connectivity index (χ2v) is 5.08. The molecule has 4 heteroatoms. The van der Waals surface area contributed by atoms with Gasteiger partial charge >= 0.3 is 0 Å². The van der Waals surface area contributed by atoms with Crippen LogP contribution in [0, 0.1) is 0 Å². The maximum absolute atomic E-state index is 5.35. The fourth-order valence-corrected chi connectivity index (χ4v) is 2.26. The van der Waals surface area contributed by atoms with Crippen LogP contribution in [-0.2, 0) is 22.6 Å². The summed E-state index contributed by atoms with van der Waals surface area (Å²) in [5.74, 6) is 0. The first kappa shape index (κ1) is 15.0. The number of rotatable bonds is 8. The number of fused-ring (bicyclic) bond motifs is 1. The zero-order valence-corrected chi connectivity index (χ0v) is 12.6. The highest BCUT2D eigenvalue weighted by atomic mass is 16.5. The SMILES string of the molecule is COCCNCc1ccc2ccn(CC(C)OC)c2c1. The van der Waals surface area contributed by atoms with Gasteiger partial charge < -0.3 is 19.4 Å². The maximum Gasteiger partial charge on any atom is 0.0722 e. The summed E-state index contributed by atoms with van der Waals surface area (Å²) < 4.78 is 12.6. The van der Waals surface area contributed by atoms with E-state index in [1.807, 2.05) is 0 Å². The Morgan fingerprint density at radius 3 is 2.85 bits per heavy atom. The third-order valence-corrected chi connectivity index (χ3v) is 3.51. The van der Waals surface area contributed by atoms with Crippen molar-refractivity contribution < 1.29 is 9.47 Å². The van der Waals surface area contributed by atoms with Crippen LogP contribution in [0.15, 0.2) is 30.5 Å². The van der Waals surface area contributed by atoms with E-state index in [0.717, 1.165) is 26.2 Å². The van der Waals surface area contributed by atoms with Gasteiger partial charge in [0.1, 0.15) is 0 Å². The summed E-state index contributed by atoms with van der Waals surface area (Å²) in [4.78, 5) is 0. The van der Waals surface area contributed by atoms with Crippen LogP contribution in [0.4, 0.5) is 0 Å². The van der Waals surface area contributed by atoms with E-state index in [-0.39, 0.29) is 6.10 Å². The molecule has 0 amide bonds. The minimum atomic E-state index is 0.217. The van der Waals surface area contributed by atoms with Gasteiger partial charge in [-0.25, -0.2) is 0 Å². The normalized spacial score (nSPS) is 12.9. The molecule has 2 rings (SSSR count). The Labute approximate surface area is 120 Å². The van der Waals surface area contributed by atoms with Gasteiger partial charge in [-0.2, -0.15) is 0 Å². The first-order chi connectivity index (χ1) is 9.74. The average molecular weight is 276 g/mol. The number of nitrogens with zero attached hydrogens (tertiary/aromatic N) is 1. The summed E-state index contributed by atoms with van der Waals surface area (Å²) in [6, 6.07) is 8.75. The maximum atomic E-state index is 5.35. The summed E-state index contributed by atoms with van der Waals surface area (Å²) >= 11 is 0. The van der Waals surface area contributed by atoms with Crippen molar-refractivity contribution in [3.05, 3.63) is 36.0 Å². The van der Waals surface area contributed by atoms with Crippen LogP contribution < -0.4 is 5.32 Å². The second kappa shape index (κ2) is 7.43. The van der Waals surface area contributed by atoms with Crippen molar-refractivity contribution in [2.45, 2.75) is 26.1 Å². The molecule has 1 N–H and O–H groups in total. The van der Waals surface area contributed by atoms with E-state index in [4.69, 9.17) is 9.47 Å². The molecular weight excluding hydrogens is 252 g/mol. The van der Waals surface area contributed by atoms with Crippen LogP contribution in [0.1, 0.15) is 12.5 Å². The van der Waals surface area contributed by atoms with Crippen molar-refractivity contribution in [1.29, 1.82) is 0 Å². The van der Waals surface area contributed by atoms with Gasteiger partial charge in [0.2, 0.25) is 0 Å². The van der Waals surface area contributed by atoms with Crippen molar-refractivity contribution >= 4 is 10.9 Å². The molecule has 0 aliphatic heterocycles. The Morgan fingerprint density at radius 1 is 1.25 bits per heavy atom. The molecule has 1 aromatic heterocycles. The number of ether oxygens (including phenoxy) is 2. The van der Waals surface area contributed by atoms with Crippen molar-refractivity contribution in [2.24, 2.45) is 0 Å². The van der Waals surface area contributed by atoms with Crippen molar-refractivity contribution in [3.63, 3.8) is 0 Å². The number of aromatic nitrogens is 1. The molecule has 4 nitrogen and oxygen atoms in total. The van der Waals surface area contributed by atoms with Crippen molar-refractivity contribution in [2.75, 3.05) is 27.4 Å². The summed E-state index contributed by atoms with van der Waals surface area (Å²) in [7, 11) is 3.47. The number of benzene rings is 1. The zero-order chi connectivity index (χ0) is 14.4. The van der Waals surface area contributed by atoms with Crippen LogP contribution >= 0.6 is 0 Å². The van der Waals surface area contributed by atoms with Crippen LogP contribution in [0.3, 0.4) is 0 Å². The van der Waals surface area contributed by atoms with E-state index in [0.29, 0.717) is 0 Å². The molecule has 20 heavy (non-hydrogen) atoms. The number of nitrogens with one attached hydrogen (secondary N) is 1. The first-order valence-electron chi connectivity index (χ1n) is 7.05. The van der Waals surface area contributed by atoms with Gasteiger partial charge in [0, 0.05) is 45.6 Å². The van der Waals surface area contributed by atoms with Gasteiger partial charge in [-0.3, -0.25) is 0 Å². The van der Waals surface area contributed by atoms with Gasteiger partial charge in [0.15, 0.2) is 0 Å². The largest absolute Gasteiger partial charge is 0.383 e. The van der Waals surface area contributed by atoms with Gasteiger partial charge in [-0.15, -0.1) is 0 Å². The van der Waals surface area contributed by atoms with E-state index in [1.54, 1.807) is 14.2 Å². The summed E-state index contributed by atoms with van der Waals surface area (Å²) in [6.45, 7) is 5.44. The molecule has 0 radical (unpaired) electrons. The lowest BCUT2D eigenvalue weighted by Crippen LogP contribution is -2.18. The summed E-state index contributed by atoms with van der Waals surface area (Å²) in [6.07, 6.45) is 2.34. The van der Waals surface area contributed by atoms with Crippen LogP contribution in [0.25, 0.3) is 10.9 Å². The van der Waals surface area contributed by atoms with Crippen LogP contribution in [-0.4, -0.2) is 38.0 Å².